The first-order valence-electron chi connectivity index (χ1n) is 15.6. The van der Waals surface area contributed by atoms with Crippen LogP contribution in [-0.2, 0) is 16.2 Å². The molecule has 2 atom stereocenters. The van der Waals surface area contributed by atoms with Gasteiger partial charge in [-0.15, -0.1) is 0 Å². The maximum absolute atomic E-state index is 14.3. The summed E-state index contributed by atoms with van der Waals surface area (Å²) in [6.07, 6.45) is 0.928. The van der Waals surface area contributed by atoms with Crippen molar-refractivity contribution in [2.24, 2.45) is 5.92 Å². The summed E-state index contributed by atoms with van der Waals surface area (Å²) in [7, 11) is 0. The van der Waals surface area contributed by atoms with Gasteiger partial charge in [0.2, 0.25) is 5.91 Å². The highest BCUT2D eigenvalue weighted by Crippen LogP contribution is 2.49. The van der Waals surface area contributed by atoms with Gasteiger partial charge in [0.05, 0.1) is 24.0 Å². The van der Waals surface area contributed by atoms with E-state index in [0.29, 0.717) is 53.2 Å². The lowest BCUT2D eigenvalue weighted by Gasteiger charge is -2.36. The number of allylic oxidation sites excluding steroid dienone is 1. The Morgan fingerprint density at radius 1 is 0.870 bits per heavy atom. The summed E-state index contributed by atoms with van der Waals surface area (Å²) in [6, 6.07) is 28.0. The van der Waals surface area contributed by atoms with Crippen LogP contribution < -0.4 is 19.7 Å². The molecule has 0 radical (unpaired) electrons. The molecule has 1 N–H and O–H groups in total. The number of anilines is 2. The van der Waals surface area contributed by atoms with Gasteiger partial charge < -0.3 is 14.8 Å². The van der Waals surface area contributed by atoms with Crippen LogP contribution in [0, 0.1) is 5.92 Å². The number of ketones is 1. The molecule has 236 valence electrons. The minimum atomic E-state index is -0.677. The third-order valence-electron chi connectivity index (χ3n) is 8.45. The second-order valence-corrected chi connectivity index (χ2v) is 12.8. The number of para-hydroxylation sites is 2. The molecule has 4 aromatic rings. The standard InChI is InChI=1S/C38H36Cl2N2O4/c1-4-45-35-21-26(13-18-34(35)46-22-24-9-14-28(39)15-10-24)37-36-31(19-27(20-33(36)43)25-11-16-29(40)17-12-25)41-30-7-5-6-8-32(30)42(37)38(44)23(2)3/h5-18,21,23,27,37,41H,4,19-20,22H2,1-3H3/t27-,37+/m1/s1. The molecule has 0 fully saturated rings. The fourth-order valence-corrected chi connectivity index (χ4v) is 6.47. The van der Waals surface area contributed by atoms with Crippen molar-refractivity contribution in [1.29, 1.82) is 0 Å². The van der Waals surface area contributed by atoms with Crippen LogP contribution in [0.5, 0.6) is 11.5 Å². The summed E-state index contributed by atoms with van der Waals surface area (Å²) in [5.41, 5.74) is 5.69. The molecular formula is C38H36Cl2N2O4. The fourth-order valence-electron chi connectivity index (χ4n) is 6.22. The zero-order valence-corrected chi connectivity index (χ0v) is 27.6. The predicted molar refractivity (Wildman–Crippen MR) is 184 cm³/mol. The van der Waals surface area contributed by atoms with E-state index in [2.05, 4.69) is 5.32 Å². The molecule has 0 aromatic heterocycles. The maximum Gasteiger partial charge on any atom is 0.230 e. The van der Waals surface area contributed by atoms with Crippen LogP contribution in [0.25, 0.3) is 0 Å². The Morgan fingerprint density at radius 2 is 1.54 bits per heavy atom. The molecular weight excluding hydrogens is 619 g/mol. The molecule has 46 heavy (non-hydrogen) atoms. The van der Waals surface area contributed by atoms with Crippen LogP contribution in [-0.4, -0.2) is 18.3 Å². The van der Waals surface area contributed by atoms with Crippen molar-refractivity contribution in [2.45, 2.75) is 52.2 Å². The second-order valence-electron chi connectivity index (χ2n) is 11.9. The topological polar surface area (TPSA) is 67.9 Å². The zero-order chi connectivity index (χ0) is 32.4. The minimum absolute atomic E-state index is 0.00547. The second kappa shape index (κ2) is 13.6. The van der Waals surface area contributed by atoms with Gasteiger partial charge in [0.1, 0.15) is 6.61 Å². The Morgan fingerprint density at radius 3 is 2.24 bits per heavy atom. The van der Waals surface area contributed by atoms with Crippen LogP contribution >= 0.6 is 23.2 Å². The van der Waals surface area contributed by atoms with Crippen molar-refractivity contribution in [2.75, 3.05) is 16.8 Å². The smallest absolute Gasteiger partial charge is 0.230 e. The Hall–Kier alpha value is -4.26. The van der Waals surface area contributed by atoms with Crippen LogP contribution in [0.3, 0.4) is 0 Å². The molecule has 0 saturated carbocycles. The normalized spacial score (nSPS) is 17.6. The van der Waals surface area contributed by atoms with Gasteiger partial charge in [0.15, 0.2) is 17.3 Å². The van der Waals surface area contributed by atoms with Crippen molar-refractivity contribution >= 4 is 46.3 Å². The number of nitrogens with one attached hydrogen (secondary N) is 1. The zero-order valence-electron chi connectivity index (χ0n) is 26.1. The molecule has 0 spiro atoms. The number of amides is 1. The Kier molecular flexibility index (Phi) is 9.39. The van der Waals surface area contributed by atoms with E-state index in [1.54, 1.807) is 4.90 Å². The van der Waals surface area contributed by atoms with E-state index in [-0.39, 0.29) is 23.5 Å². The highest BCUT2D eigenvalue weighted by atomic mass is 35.5. The summed E-state index contributed by atoms with van der Waals surface area (Å²) >= 11 is 12.2. The highest BCUT2D eigenvalue weighted by Gasteiger charge is 2.42. The molecule has 0 bridgehead atoms. The third-order valence-corrected chi connectivity index (χ3v) is 8.96. The van der Waals surface area contributed by atoms with Crippen molar-refractivity contribution in [3.8, 4) is 11.5 Å². The molecule has 1 aliphatic heterocycles. The molecule has 2 aliphatic rings. The Bertz CT molecular complexity index is 1780. The van der Waals surface area contributed by atoms with Gasteiger partial charge in [-0.2, -0.15) is 0 Å². The largest absolute Gasteiger partial charge is 0.490 e. The first-order valence-corrected chi connectivity index (χ1v) is 16.3. The number of nitrogens with zero attached hydrogens (tertiary/aromatic N) is 1. The average molecular weight is 656 g/mol. The molecule has 8 heteroatoms. The highest BCUT2D eigenvalue weighted by molar-refractivity contribution is 6.30. The van der Waals surface area contributed by atoms with E-state index in [0.717, 1.165) is 33.8 Å². The lowest BCUT2D eigenvalue weighted by atomic mass is 9.78. The summed E-state index contributed by atoms with van der Waals surface area (Å²) in [6.45, 7) is 6.43. The summed E-state index contributed by atoms with van der Waals surface area (Å²) in [5, 5.41) is 4.91. The van der Waals surface area contributed by atoms with E-state index in [9.17, 15) is 9.59 Å². The van der Waals surface area contributed by atoms with Crippen molar-refractivity contribution < 1.29 is 19.1 Å². The molecule has 0 saturated heterocycles. The number of fused-ring (bicyclic) bond motifs is 1. The lowest BCUT2D eigenvalue weighted by Crippen LogP contribution is -2.40. The van der Waals surface area contributed by atoms with E-state index in [4.69, 9.17) is 32.7 Å². The van der Waals surface area contributed by atoms with Crippen molar-refractivity contribution in [3.63, 3.8) is 0 Å². The Balaban J connectivity index is 1.47. The van der Waals surface area contributed by atoms with Crippen LogP contribution in [0.1, 0.15) is 62.3 Å². The van der Waals surface area contributed by atoms with Crippen LogP contribution in [0.2, 0.25) is 10.0 Å². The number of rotatable bonds is 8. The van der Waals surface area contributed by atoms with Crippen LogP contribution in [0.4, 0.5) is 11.4 Å². The van der Waals surface area contributed by atoms with E-state index in [1.165, 1.54) is 0 Å². The number of ether oxygens (including phenoxy) is 2. The van der Waals surface area contributed by atoms with Gasteiger partial charge in [0.25, 0.3) is 0 Å². The molecule has 6 nitrogen and oxygen atoms in total. The number of hydrogen-bond donors (Lipinski definition) is 1. The van der Waals surface area contributed by atoms with Gasteiger partial charge in [0, 0.05) is 33.7 Å². The van der Waals surface area contributed by atoms with Crippen LogP contribution in [0.15, 0.2) is 102 Å². The average Bonchev–Trinajstić information content (AvgIpc) is 3.19. The minimum Gasteiger partial charge on any atom is -0.490 e. The van der Waals surface area contributed by atoms with Crippen molar-refractivity contribution in [1.82, 2.24) is 0 Å². The fraction of sp³-hybridized carbons (Fsp3) is 0.263. The van der Waals surface area contributed by atoms with Crippen molar-refractivity contribution in [3.05, 3.63) is 129 Å². The third kappa shape index (κ3) is 6.51. The number of halogens is 2. The quantitative estimate of drug-likeness (QED) is 0.205. The maximum atomic E-state index is 14.3. The van der Waals surface area contributed by atoms with Gasteiger partial charge in [-0.1, -0.05) is 79.5 Å². The predicted octanol–water partition coefficient (Wildman–Crippen LogP) is 9.53. The molecule has 4 aromatic carbocycles. The van der Waals surface area contributed by atoms with E-state index < -0.39 is 6.04 Å². The van der Waals surface area contributed by atoms with E-state index >= 15 is 0 Å². The number of Topliss-reactive ketones (excluding diaryl/α,β-unsaturated/α-hetero) is 1. The summed E-state index contributed by atoms with van der Waals surface area (Å²) < 4.78 is 12.3. The lowest BCUT2D eigenvalue weighted by molar-refractivity contribution is -0.121. The number of carbonyl (C=O) groups excluding carboxylic acids is 2. The van der Waals surface area contributed by atoms with Gasteiger partial charge in [-0.3, -0.25) is 14.5 Å². The SMILES string of the molecule is CCOc1cc([C@H]2C3=C(C[C@@H](c4ccc(Cl)cc4)CC3=O)Nc3ccccc3N2C(=O)C(C)C)ccc1OCc1ccc(Cl)cc1. The first kappa shape index (κ1) is 31.7. The first-order chi connectivity index (χ1) is 22.2. The van der Waals surface area contributed by atoms with E-state index in [1.807, 2.05) is 112 Å². The molecule has 1 amide bonds. The van der Waals surface area contributed by atoms with Gasteiger partial charge >= 0.3 is 0 Å². The summed E-state index contributed by atoms with van der Waals surface area (Å²) in [5.74, 6) is 0.684. The number of benzene rings is 4. The van der Waals surface area contributed by atoms with Gasteiger partial charge in [-0.25, -0.2) is 0 Å². The number of hydrogen-bond acceptors (Lipinski definition) is 5. The summed E-state index contributed by atoms with van der Waals surface area (Å²) in [4.78, 5) is 30.3. The Labute approximate surface area is 279 Å². The molecule has 1 aliphatic carbocycles. The molecule has 1 heterocycles. The monoisotopic (exact) mass is 654 g/mol. The van der Waals surface area contributed by atoms with Gasteiger partial charge in [-0.05, 0) is 84.5 Å². The molecule has 0 unspecified atom stereocenters. The molecule has 6 rings (SSSR count). The number of carbonyl (C=O) groups is 2.